The summed E-state index contributed by atoms with van der Waals surface area (Å²) in [5.74, 6) is 1.46. The number of methoxy groups -OCH3 is 1. The number of ether oxygens (including phenoxy) is 2. The number of hydrogen-bond acceptors (Lipinski definition) is 4. The molecule has 112 valence electrons. The molecule has 0 aliphatic carbocycles. The third-order valence-corrected chi connectivity index (χ3v) is 3.80. The smallest absolute Gasteiger partial charge is 0.164 e. The number of benzene rings is 1. The number of nitrogens with two attached hydrogens (primary N) is 1. The van der Waals surface area contributed by atoms with Crippen LogP contribution in [-0.2, 0) is 6.42 Å². The van der Waals surface area contributed by atoms with Crippen molar-refractivity contribution in [3.8, 4) is 11.5 Å². The van der Waals surface area contributed by atoms with Gasteiger partial charge in [0.1, 0.15) is 6.61 Å². The van der Waals surface area contributed by atoms with Crippen molar-refractivity contribution < 1.29 is 9.47 Å². The van der Waals surface area contributed by atoms with Gasteiger partial charge in [-0.15, -0.1) is 0 Å². The molecule has 0 bridgehead atoms. The Morgan fingerprint density at radius 1 is 1.30 bits per heavy atom. The lowest BCUT2D eigenvalue weighted by atomic mass is 10.1. The molecule has 0 unspecified atom stereocenters. The second kappa shape index (κ2) is 7.72. The molecule has 1 fully saturated rings. The van der Waals surface area contributed by atoms with E-state index in [0.717, 1.165) is 24.3 Å². The maximum absolute atomic E-state index is 6.09. The highest BCUT2D eigenvalue weighted by Crippen LogP contribution is 2.35. The summed E-state index contributed by atoms with van der Waals surface area (Å²) in [4.78, 5) is 2.42. The minimum atomic E-state index is 0.561. The van der Waals surface area contributed by atoms with Crippen molar-refractivity contribution in [2.45, 2.75) is 19.3 Å². The van der Waals surface area contributed by atoms with Crippen LogP contribution >= 0.6 is 11.6 Å². The van der Waals surface area contributed by atoms with E-state index in [0.29, 0.717) is 23.9 Å². The standard InChI is InChI=1S/C15H23ClN2O2/c1-19-14-11-13(16)10-12(4-5-17)15(14)20-9-8-18-6-2-3-7-18/h10-11H,2-9,17H2,1H3. The average Bonchev–Trinajstić information content (AvgIpc) is 2.94. The topological polar surface area (TPSA) is 47.7 Å². The average molecular weight is 299 g/mol. The molecular weight excluding hydrogens is 276 g/mol. The van der Waals surface area contributed by atoms with Crippen LogP contribution in [0.3, 0.4) is 0 Å². The molecule has 5 heteroatoms. The Balaban J connectivity index is 2.03. The molecule has 1 aromatic carbocycles. The summed E-state index contributed by atoms with van der Waals surface area (Å²) in [7, 11) is 1.63. The number of rotatable bonds is 7. The van der Waals surface area contributed by atoms with E-state index in [1.807, 2.05) is 6.07 Å². The Hall–Kier alpha value is -0.970. The summed E-state index contributed by atoms with van der Waals surface area (Å²) < 4.78 is 11.3. The third kappa shape index (κ3) is 4.01. The van der Waals surface area contributed by atoms with Gasteiger partial charge in [-0.1, -0.05) is 11.6 Å². The Bertz CT molecular complexity index is 434. The highest BCUT2D eigenvalue weighted by Gasteiger charge is 2.15. The molecule has 0 spiro atoms. The summed E-state index contributed by atoms with van der Waals surface area (Å²) in [6, 6.07) is 3.69. The van der Waals surface area contributed by atoms with Gasteiger partial charge >= 0.3 is 0 Å². The molecule has 1 heterocycles. The Kier molecular flexibility index (Phi) is 5.95. The minimum Gasteiger partial charge on any atom is -0.493 e. The highest BCUT2D eigenvalue weighted by atomic mass is 35.5. The van der Waals surface area contributed by atoms with E-state index < -0.39 is 0 Å². The monoisotopic (exact) mass is 298 g/mol. The molecule has 2 N–H and O–H groups in total. The first-order valence-electron chi connectivity index (χ1n) is 7.16. The summed E-state index contributed by atoms with van der Waals surface area (Å²) in [6.45, 7) is 4.53. The number of halogens is 1. The fourth-order valence-electron chi connectivity index (χ4n) is 2.56. The molecule has 1 saturated heterocycles. The first-order valence-corrected chi connectivity index (χ1v) is 7.54. The zero-order valence-corrected chi connectivity index (χ0v) is 12.8. The van der Waals surface area contributed by atoms with Gasteiger partial charge in [-0.3, -0.25) is 4.90 Å². The van der Waals surface area contributed by atoms with Gasteiger partial charge in [-0.2, -0.15) is 0 Å². The molecule has 2 rings (SSSR count). The van der Waals surface area contributed by atoms with Crippen LogP contribution in [0, 0.1) is 0 Å². The maximum atomic E-state index is 6.09. The van der Waals surface area contributed by atoms with Gasteiger partial charge in [0.2, 0.25) is 0 Å². The molecule has 4 nitrogen and oxygen atoms in total. The summed E-state index contributed by atoms with van der Waals surface area (Å²) in [5.41, 5.74) is 6.66. The van der Waals surface area contributed by atoms with Crippen molar-refractivity contribution in [1.82, 2.24) is 4.90 Å². The minimum absolute atomic E-state index is 0.561. The summed E-state index contributed by atoms with van der Waals surface area (Å²) >= 11 is 6.09. The van der Waals surface area contributed by atoms with Gasteiger partial charge < -0.3 is 15.2 Å². The van der Waals surface area contributed by atoms with Crippen LogP contribution in [0.1, 0.15) is 18.4 Å². The lowest BCUT2D eigenvalue weighted by Gasteiger charge is -2.18. The zero-order chi connectivity index (χ0) is 14.4. The van der Waals surface area contributed by atoms with Crippen LogP contribution in [0.15, 0.2) is 12.1 Å². The van der Waals surface area contributed by atoms with Crippen molar-refractivity contribution in [3.63, 3.8) is 0 Å². The van der Waals surface area contributed by atoms with Crippen molar-refractivity contribution in [2.24, 2.45) is 5.73 Å². The predicted octanol–water partition coefficient (Wildman–Crippen LogP) is 2.32. The fraction of sp³-hybridized carbons (Fsp3) is 0.600. The molecule has 1 aliphatic rings. The molecule has 0 aromatic heterocycles. The van der Waals surface area contributed by atoms with Crippen LogP contribution in [0.25, 0.3) is 0 Å². The number of hydrogen-bond donors (Lipinski definition) is 1. The molecule has 0 atom stereocenters. The molecule has 0 radical (unpaired) electrons. The normalized spacial score (nSPS) is 15.6. The Morgan fingerprint density at radius 2 is 2.05 bits per heavy atom. The Labute approximate surface area is 125 Å². The predicted molar refractivity (Wildman–Crippen MR) is 81.9 cm³/mol. The first-order chi connectivity index (χ1) is 9.74. The zero-order valence-electron chi connectivity index (χ0n) is 12.0. The third-order valence-electron chi connectivity index (χ3n) is 3.58. The SMILES string of the molecule is COc1cc(Cl)cc(CCN)c1OCCN1CCCC1. The molecular formula is C15H23ClN2O2. The van der Waals surface area contributed by atoms with Crippen molar-refractivity contribution in [2.75, 3.05) is 39.9 Å². The van der Waals surface area contributed by atoms with Gasteiger partial charge in [0, 0.05) is 23.2 Å². The van der Waals surface area contributed by atoms with Gasteiger partial charge in [0.25, 0.3) is 0 Å². The fourth-order valence-corrected chi connectivity index (χ4v) is 2.79. The van der Waals surface area contributed by atoms with Crippen LogP contribution in [0.2, 0.25) is 5.02 Å². The van der Waals surface area contributed by atoms with E-state index in [-0.39, 0.29) is 0 Å². The van der Waals surface area contributed by atoms with E-state index in [1.54, 1.807) is 13.2 Å². The van der Waals surface area contributed by atoms with E-state index in [9.17, 15) is 0 Å². The molecule has 1 aliphatic heterocycles. The van der Waals surface area contributed by atoms with Gasteiger partial charge in [0.15, 0.2) is 11.5 Å². The second-order valence-corrected chi connectivity index (χ2v) is 5.47. The second-order valence-electron chi connectivity index (χ2n) is 5.03. The maximum Gasteiger partial charge on any atom is 0.164 e. The molecule has 20 heavy (non-hydrogen) atoms. The van der Waals surface area contributed by atoms with Crippen LogP contribution in [0.5, 0.6) is 11.5 Å². The quantitative estimate of drug-likeness (QED) is 0.839. The highest BCUT2D eigenvalue weighted by molar-refractivity contribution is 6.30. The van der Waals surface area contributed by atoms with E-state index in [2.05, 4.69) is 4.90 Å². The van der Waals surface area contributed by atoms with Gasteiger partial charge in [-0.25, -0.2) is 0 Å². The lowest BCUT2D eigenvalue weighted by Crippen LogP contribution is -2.25. The summed E-state index contributed by atoms with van der Waals surface area (Å²) in [6.07, 6.45) is 3.32. The van der Waals surface area contributed by atoms with Crippen molar-refractivity contribution in [3.05, 3.63) is 22.7 Å². The lowest BCUT2D eigenvalue weighted by molar-refractivity contribution is 0.229. The van der Waals surface area contributed by atoms with Crippen molar-refractivity contribution >= 4 is 11.6 Å². The van der Waals surface area contributed by atoms with Crippen LogP contribution < -0.4 is 15.2 Å². The Morgan fingerprint density at radius 3 is 2.70 bits per heavy atom. The van der Waals surface area contributed by atoms with Gasteiger partial charge in [-0.05, 0) is 45.0 Å². The van der Waals surface area contributed by atoms with E-state index in [1.165, 1.54) is 25.9 Å². The van der Waals surface area contributed by atoms with Crippen LogP contribution in [0.4, 0.5) is 0 Å². The number of likely N-dealkylation sites (tertiary alicyclic amines) is 1. The van der Waals surface area contributed by atoms with E-state index in [4.69, 9.17) is 26.8 Å². The van der Waals surface area contributed by atoms with Crippen molar-refractivity contribution in [1.29, 1.82) is 0 Å². The first kappa shape index (κ1) is 15.4. The van der Waals surface area contributed by atoms with Gasteiger partial charge in [0.05, 0.1) is 7.11 Å². The van der Waals surface area contributed by atoms with E-state index >= 15 is 0 Å². The molecule has 1 aromatic rings. The molecule has 0 amide bonds. The largest absolute Gasteiger partial charge is 0.493 e. The van der Waals surface area contributed by atoms with Crippen LogP contribution in [-0.4, -0.2) is 44.8 Å². The molecule has 0 saturated carbocycles. The summed E-state index contributed by atoms with van der Waals surface area (Å²) in [5, 5.41) is 0.650. The number of nitrogens with zero attached hydrogens (tertiary/aromatic N) is 1.